The van der Waals surface area contributed by atoms with Gasteiger partial charge in [-0.15, -0.1) is 0 Å². The van der Waals surface area contributed by atoms with Crippen LogP contribution in [0.3, 0.4) is 0 Å². The fourth-order valence-corrected chi connectivity index (χ4v) is 3.06. The van der Waals surface area contributed by atoms with E-state index in [-0.39, 0.29) is 5.91 Å². The summed E-state index contributed by atoms with van der Waals surface area (Å²) in [4.78, 5) is 16.7. The maximum atomic E-state index is 12.4. The highest BCUT2D eigenvalue weighted by atomic mass is 35.5. The minimum Gasteiger partial charge on any atom is -0.368 e. The number of aryl methyl sites for hydroxylation is 1. The molecule has 0 bridgehead atoms. The van der Waals surface area contributed by atoms with E-state index in [4.69, 9.17) is 11.6 Å². The Morgan fingerprint density at radius 3 is 2.39 bits per heavy atom. The number of hydrogen-bond acceptors (Lipinski definition) is 2. The monoisotopic (exact) mass is 328 g/mol. The molecule has 23 heavy (non-hydrogen) atoms. The quantitative estimate of drug-likeness (QED) is 0.860. The predicted octanol–water partition coefficient (Wildman–Crippen LogP) is 3.54. The Kier molecular flexibility index (Phi) is 4.87. The van der Waals surface area contributed by atoms with E-state index in [0.29, 0.717) is 6.42 Å². The van der Waals surface area contributed by atoms with Crippen molar-refractivity contribution in [3.05, 3.63) is 64.7 Å². The van der Waals surface area contributed by atoms with E-state index in [1.54, 1.807) is 0 Å². The van der Waals surface area contributed by atoms with E-state index in [1.165, 1.54) is 5.56 Å². The van der Waals surface area contributed by atoms with Gasteiger partial charge in [0.25, 0.3) is 0 Å². The number of carbonyl (C=O) groups excluding carboxylic acids is 1. The number of benzene rings is 2. The van der Waals surface area contributed by atoms with Crippen LogP contribution in [0.1, 0.15) is 11.1 Å². The zero-order valence-electron chi connectivity index (χ0n) is 13.3. The molecule has 1 aliphatic rings. The molecule has 0 radical (unpaired) electrons. The second-order valence-corrected chi connectivity index (χ2v) is 6.45. The topological polar surface area (TPSA) is 23.6 Å². The molecule has 4 heteroatoms. The Morgan fingerprint density at radius 1 is 1.04 bits per heavy atom. The van der Waals surface area contributed by atoms with Crippen LogP contribution >= 0.6 is 11.6 Å². The van der Waals surface area contributed by atoms with E-state index in [9.17, 15) is 4.79 Å². The third-order valence-electron chi connectivity index (χ3n) is 4.28. The lowest BCUT2D eigenvalue weighted by Crippen LogP contribution is -2.49. The Hall–Kier alpha value is -2.00. The van der Waals surface area contributed by atoms with Crippen molar-refractivity contribution in [2.45, 2.75) is 13.3 Å². The van der Waals surface area contributed by atoms with Gasteiger partial charge in [0.05, 0.1) is 6.42 Å². The number of anilines is 1. The third-order valence-corrected chi connectivity index (χ3v) is 4.52. The Bertz CT molecular complexity index is 676. The van der Waals surface area contributed by atoms with E-state index < -0.39 is 0 Å². The smallest absolute Gasteiger partial charge is 0.227 e. The first-order chi connectivity index (χ1) is 11.1. The summed E-state index contributed by atoms with van der Waals surface area (Å²) >= 11 is 6.05. The average molecular weight is 329 g/mol. The van der Waals surface area contributed by atoms with Gasteiger partial charge in [-0.3, -0.25) is 4.79 Å². The van der Waals surface area contributed by atoms with Crippen molar-refractivity contribution >= 4 is 23.2 Å². The number of rotatable bonds is 3. The van der Waals surface area contributed by atoms with Gasteiger partial charge in [0, 0.05) is 36.9 Å². The van der Waals surface area contributed by atoms with Crippen LogP contribution < -0.4 is 4.90 Å². The lowest BCUT2D eigenvalue weighted by atomic mass is 10.1. The molecular formula is C19H21ClN2O. The van der Waals surface area contributed by atoms with Crippen LogP contribution in [0.5, 0.6) is 0 Å². The number of amides is 1. The summed E-state index contributed by atoms with van der Waals surface area (Å²) in [6.07, 6.45) is 0.484. The SMILES string of the molecule is Cc1ccc(CC(=O)N2CCN(c3cccc(Cl)c3)CC2)cc1. The summed E-state index contributed by atoms with van der Waals surface area (Å²) in [7, 11) is 0. The lowest BCUT2D eigenvalue weighted by Gasteiger charge is -2.36. The second-order valence-electron chi connectivity index (χ2n) is 6.01. The lowest BCUT2D eigenvalue weighted by molar-refractivity contribution is -0.130. The minimum atomic E-state index is 0.208. The summed E-state index contributed by atoms with van der Waals surface area (Å²) in [6.45, 7) is 5.27. The van der Waals surface area contributed by atoms with Gasteiger partial charge < -0.3 is 9.80 Å². The molecule has 0 N–H and O–H groups in total. The van der Waals surface area contributed by atoms with Gasteiger partial charge in [0.15, 0.2) is 0 Å². The van der Waals surface area contributed by atoms with Gasteiger partial charge in [-0.05, 0) is 30.7 Å². The number of carbonyl (C=O) groups is 1. The summed E-state index contributed by atoms with van der Waals surface area (Å²) in [6, 6.07) is 16.1. The molecule has 1 fully saturated rings. The van der Waals surface area contributed by atoms with Gasteiger partial charge in [-0.25, -0.2) is 0 Å². The van der Waals surface area contributed by atoms with Crippen LogP contribution in [-0.2, 0) is 11.2 Å². The van der Waals surface area contributed by atoms with Crippen LogP contribution in [0, 0.1) is 6.92 Å². The molecule has 1 heterocycles. The van der Waals surface area contributed by atoms with E-state index in [2.05, 4.69) is 30.0 Å². The van der Waals surface area contributed by atoms with Crippen LogP contribution in [-0.4, -0.2) is 37.0 Å². The molecule has 0 spiro atoms. The molecule has 0 aliphatic carbocycles. The number of halogens is 1. The number of piperazine rings is 1. The maximum absolute atomic E-state index is 12.4. The van der Waals surface area contributed by atoms with E-state index in [1.807, 2.05) is 35.2 Å². The molecule has 3 nitrogen and oxygen atoms in total. The van der Waals surface area contributed by atoms with Gasteiger partial charge in [0.2, 0.25) is 5.91 Å². The van der Waals surface area contributed by atoms with Crippen molar-refractivity contribution in [3.8, 4) is 0 Å². The molecule has 1 saturated heterocycles. The van der Waals surface area contributed by atoms with Crippen molar-refractivity contribution in [1.82, 2.24) is 4.90 Å². The number of nitrogens with zero attached hydrogens (tertiary/aromatic N) is 2. The van der Waals surface area contributed by atoms with Gasteiger partial charge in [-0.2, -0.15) is 0 Å². The number of hydrogen-bond donors (Lipinski definition) is 0. The highest BCUT2D eigenvalue weighted by molar-refractivity contribution is 6.30. The van der Waals surface area contributed by atoms with Crippen LogP contribution in [0.15, 0.2) is 48.5 Å². The highest BCUT2D eigenvalue weighted by Crippen LogP contribution is 2.21. The molecule has 3 rings (SSSR count). The van der Waals surface area contributed by atoms with Crippen molar-refractivity contribution < 1.29 is 4.79 Å². The van der Waals surface area contributed by atoms with Crippen molar-refractivity contribution in [2.75, 3.05) is 31.1 Å². The Balaban J connectivity index is 1.56. The fourth-order valence-electron chi connectivity index (χ4n) is 2.88. The largest absolute Gasteiger partial charge is 0.368 e. The van der Waals surface area contributed by atoms with Crippen LogP contribution in [0.2, 0.25) is 5.02 Å². The van der Waals surface area contributed by atoms with Gasteiger partial charge >= 0.3 is 0 Å². The zero-order valence-corrected chi connectivity index (χ0v) is 14.1. The molecule has 0 aromatic heterocycles. The van der Waals surface area contributed by atoms with Gasteiger partial charge in [0.1, 0.15) is 0 Å². The molecule has 1 aliphatic heterocycles. The molecule has 2 aromatic carbocycles. The predicted molar refractivity (Wildman–Crippen MR) is 95.1 cm³/mol. The standard InChI is InChI=1S/C19H21ClN2O/c1-15-5-7-16(8-6-15)13-19(23)22-11-9-21(10-12-22)18-4-2-3-17(20)14-18/h2-8,14H,9-13H2,1H3. The molecule has 0 atom stereocenters. The van der Waals surface area contributed by atoms with E-state index >= 15 is 0 Å². The third kappa shape index (κ3) is 4.05. The molecule has 2 aromatic rings. The highest BCUT2D eigenvalue weighted by Gasteiger charge is 2.21. The Morgan fingerprint density at radius 2 is 1.74 bits per heavy atom. The molecule has 0 saturated carbocycles. The first kappa shape index (κ1) is 15.9. The summed E-state index contributed by atoms with van der Waals surface area (Å²) in [5.74, 6) is 0.208. The molecular weight excluding hydrogens is 308 g/mol. The first-order valence-electron chi connectivity index (χ1n) is 7.96. The maximum Gasteiger partial charge on any atom is 0.227 e. The molecule has 0 unspecified atom stereocenters. The second kappa shape index (κ2) is 7.05. The molecule has 1 amide bonds. The van der Waals surface area contributed by atoms with Crippen LogP contribution in [0.4, 0.5) is 5.69 Å². The van der Waals surface area contributed by atoms with Crippen LogP contribution in [0.25, 0.3) is 0 Å². The fraction of sp³-hybridized carbons (Fsp3) is 0.316. The van der Waals surface area contributed by atoms with E-state index in [0.717, 1.165) is 42.5 Å². The molecule has 120 valence electrons. The summed E-state index contributed by atoms with van der Waals surface area (Å²) in [5, 5.41) is 0.750. The van der Waals surface area contributed by atoms with Gasteiger partial charge in [-0.1, -0.05) is 47.5 Å². The summed E-state index contributed by atoms with van der Waals surface area (Å²) in [5.41, 5.74) is 3.43. The average Bonchev–Trinajstić information content (AvgIpc) is 2.57. The minimum absolute atomic E-state index is 0.208. The zero-order chi connectivity index (χ0) is 16.2. The summed E-state index contributed by atoms with van der Waals surface area (Å²) < 4.78 is 0. The Labute approximate surface area is 142 Å². The van der Waals surface area contributed by atoms with Crippen molar-refractivity contribution in [1.29, 1.82) is 0 Å². The van der Waals surface area contributed by atoms with Crippen molar-refractivity contribution in [3.63, 3.8) is 0 Å². The normalized spacial score (nSPS) is 14.9. The first-order valence-corrected chi connectivity index (χ1v) is 8.33. The van der Waals surface area contributed by atoms with Crippen molar-refractivity contribution in [2.24, 2.45) is 0 Å².